The number of hydrogen-bond acceptors (Lipinski definition) is 3. The molecule has 27 heavy (non-hydrogen) atoms. The Morgan fingerprint density at radius 3 is 2.22 bits per heavy atom. The van der Waals surface area contributed by atoms with Crippen LogP contribution >= 0.6 is 0 Å². The molecule has 1 aliphatic rings. The molecule has 0 heterocycles. The van der Waals surface area contributed by atoms with Crippen LogP contribution in [0.3, 0.4) is 0 Å². The quantitative estimate of drug-likeness (QED) is 0.615. The summed E-state index contributed by atoms with van der Waals surface area (Å²) in [5.41, 5.74) is 1.74. The Labute approximate surface area is 156 Å². The lowest BCUT2D eigenvalue weighted by Crippen LogP contribution is -2.22. The van der Waals surface area contributed by atoms with Crippen LogP contribution in [0.5, 0.6) is 0 Å². The predicted molar refractivity (Wildman–Crippen MR) is 96.5 cm³/mol. The molecule has 2 aromatic carbocycles. The Kier molecular flexibility index (Phi) is 5.55. The molecule has 1 aliphatic carbocycles. The van der Waals surface area contributed by atoms with Crippen LogP contribution in [0.25, 0.3) is 0 Å². The van der Waals surface area contributed by atoms with Crippen LogP contribution in [-0.4, -0.2) is 14.1 Å². The van der Waals surface area contributed by atoms with Gasteiger partial charge in [-0.05, 0) is 62.3 Å². The van der Waals surface area contributed by atoms with Gasteiger partial charge < -0.3 is 0 Å². The van der Waals surface area contributed by atoms with Crippen molar-refractivity contribution in [3.63, 3.8) is 0 Å². The van der Waals surface area contributed by atoms with E-state index in [1.54, 1.807) is 12.1 Å². The Balaban J connectivity index is 1.65. The van der Waals surface area contributed by atoms with Gasteiger partial charge in [0.15, 0.2) is 17.5 Å². The normalized spacial score (nSPS) is 17.6. The van der Waals surface area contributed by atoms with Crippen molar-refractivity contribution in [3.8, 4) is 0 Å². The molecule has 0 aromatic heterocycles. The van der Waals surface area contributed by atoms with Crippen LogP contribution in [0.15, 0.2) is 46.4 Å². The second-order valence-electron chi connectivity index (χ2n) is 6.62. The van der Waals surface area contributed by atoms with E-state index in [1.807, 2.05) is 6.92 Å². The number of halogens is 3. The third-order valence-electron chi connectivity index (χ3n) is 4.72. The Morgan fingerprint density at radius 2 is 1.59 bits per heavy atom. The monoisotopic (exact) mass is 396 g/mol. The van der Waals surface area contributed by atoms with Crippen molar-refractivity contribution < 1.29 is 21.6 Å². The fourth-order valence-corrected chi connectivity index (χ4v) is 3.97. The van der Waals surface area contributed by atoms with E-state index in [0.29, 0.717) is 31.4 Å². The van der Waals surface area contributed by atoms with E-state index in [2.05, 4.69) is 9.93 Å². The molecule has 0 saturated heterocycles. The van der Waals surface area contributed by atoms with Gasteiger partial charge in [-0.1, -0.05) is 23.8 Å². The zero-order valence-electron chi connectivity index (χ0n) is 14.7. The van der Waals surface area contributed by atoms with Gasteiger partial charge in [0, 0.05) is 5.71 Å². The first-order chi connectivity index (χ1) is 12.8. The standard InChI is InChI=1S/C19H19F3N2O2S/c1-12-2-8-15(9-3-12)27(25,26)24-23-14-6-4-13(5-7-14)16-10-11-17(20)19(22)18(16)21/h2-3,8-11,13,24H,4-7H2,1H3. The Hall–Kier alpha value is -2.35. The average Bonchev–Trinajstić information content (AvgIpc) is 2.66. The number of hydrogen-bond donors (Lipinski definition) is 1. The highest BCUT2D eigenvalue weighted by Crippen LogP contribution is 2.34. The van der Waals surface area contributed by atoms with Crippen molar-refractivity contribution in [2.45, 2.75) is 43.4 Å². The van der Waals surface area contributed by atoms with Crippen LogP contribution in [0.4, 0.5) is 13.2 Å². The van der Waals surface area contributed by atoms with E-state index >= 15 is 0 Å². The minimum absolute atomic E-state index is 0.120. The summed E-state index contributed by atoms with van der Waals surface area (Å²) in [6, 6.07) is 8.58. The second-order valence-corrected chi connectivity index (χ2v) is 8.29. The largest absolute Gasteiger partial charge is 0.276 e. The van der Waals surface area contributed by atoms with E-state index in [1.165, 1.54) is 18.2 Å². The third kappa shape index (κ3) is 4.32. The maximum atomic E-state index is 13.9. The van der Waals surface area contributed by atoms with Crippen LogP contribution in [0.2, 0.25) is 0 Å². The minimum Gasteiger partial charge on any atom is -0.204 e. The van der Waals surface area contributed by atoms with E-state index in [9.17, 15) is 21.6 Å². The first kappa shape index (κ1) is 19.4. The molecule has 2 aromatic rings. The molecule has 0 spiro atoms. The van der Waals surface area contributed by atoms with Crippen molar-refractivity contribution >= 4 is 15.7 Å². The van der Waals surface area contributed by atoms with Gasteiger partial charge >= 0.3 is 0 Å². The van der Waals surface area contributed by atoms with Gasteiger partial charge in [-0.3, -0.25) is 0 Å². The number of hydrazone groups is 1. The lowest BCUT2D eigenvalue weighted by atomic mass is 9.83. The smallest absolute Gasteiger partial charge is 0.204 e. The number of nitrogens with one attached hydrogen (secondary N) is 1. The highest BCUT2D eigenvalue weighted by atomic mass is 32.2. The SMILES string of the molecule is Cc1ccc(S(=O)(=O)NN=C2CCC(c3ccc(F)c(F)c3F)CC2)cc1. The molecule has 0 atom stereocenters. The van der Waals surface area contributed by atoms with Gasteiger partial charge in [-0.25, -0.2) is 18.0 Å². The molecule has 4 nitrogen and oxygen atoms in total. The Morgan fingerprint density at radius 1 is 0.963 bits per heavy atom. The summed E-state index contributed by atoms with van der Waals surface area (Å²) in [7, 11) is -3.75. The van der Waals surface area contributed by atoms with Gasteiger partial charge in [0.2, 0.25) is 0 Å². The highest BCUT2D eigenvalue weighted by Gasteiger charge is 2.25. The number of sulfonamides is 1. The Bertz CT molecular complexity index is 963. The van der Waals surface area contributed by atoms with E-state index < -0.39 is 27.5 Å². The molecular weight excluding hydrogens is 377 g/mol. The predicted octanol–water partition coefficient (Wildman–Crippen LogP) is 4.40. The van der Waals surface area contributed by atoms with Crippen molar-refractivity contribution in [2.24, 2.45) is 5.10 Å². The molecule has 8 heteroatoms. The number of nitrogens with zero attached hydrogens (tertiary/aromatic N) is 1. The topological polar surface area (TPSA) is 58.5 Å². The lowest BCUT2D eigenvalue weighted by molar-refractivity contribution is 0.427. The number of rotatable bonds is 4. The maximum Gasteiger partial charge on any atom is 0.276 e. The molecule has 0 amide bonds. The van der Waals surface area contributed by atoms with Crippen molar-refractivity contribution in [2.75, 3.05) is 0 Å². The summed E-state index contributed by atoms with van der Waals surface area (Å²) in [6.07, 6.45) is 1.85. The third-order valence-corrected chi connectivity index (χ3v) is 5.95. The summed E-state index contributed by atoms with van der Waals surface area (Å²) < 4.78 is 64.9. The van der Waals surface area contributed by atoms with Gasteiger partial charge in [0.25, 0.3) is 10.0 Å². The zero-order chi connectivity index (χ0) is 19.6. The van der Waals surface area contributed by atoms with Crippen molar-refractivity contribution in [1.29, 1.82) is 0 Å². The van der Waals surface area contributed by atoms with E-state index in [4.69, 9.17) is 0 Å². The van der Waals surface area contributed by atoms with Crippen LogP contribution in [0.1, 0.15) is 42.7 Å². The second kappa shape index (κ2) is 7.72. The van der Waals surface area contributed by atoms with E-state index in [0.717, 1.165) is 11.6 Å². The maximum absolute atomic E-state index is 13.9. The fraction of sp³-hybridized carbons (Fsp3) is 0.316. The van der Waals surface area contributed by atoms with E-state index in [-0.39, 0.29) is 16.4 Å². The van der Waals surface area contributed by atoms with Gasteiger partial charge in [0.05, 0.1) is 4.90 Å². The highest BCUT2D eigenvalue weighted by molar-refractivity contribution is 7.89. The molecule has 0 unspecified atom stereocenters. The summed E-state index contributed by atoms with van der Waals surface area (Å²) in [4.78, 5) is 2.34. The molecule has 144 valence electrons. The lowest BCUT2D eigenvalue weighted by Gasteiger charge is -2.24. The summed E-state index contributed by atoms with van der Waals surface area (Å²) in [5.74, 6) is -4.08. The zero-order valence-corrected chi connectivity index (χ0v) is 15.5. The molecule has 1 fully saturated rings. The van der Waals surface area contributed by atoms with Crippen LogP contribution in [-0.2, 0) is 10.0 Å². The molecule has 0 bridgehead atoms. The van der Waals surface area contributed by atoms with Crippen LogP contribution in [0, 0.1) is 24.4 Å². The molecular formula is C19H19F3N2O2S. The fourth-order valence-electron chi connectivity index (χ4n) is 3.12. The van der Waals surface area contributed by atoms with Crippen molar-refractivity contribution in [1.82, 2.24) is 4.83 Å². The van der Waals surface area contributed by atoms with Crippen molar-refractivity contribution in [3.05, 3.63) is 65.0 Å². The summed E-state index contributed by atoms with van der Waals surface area (Å²) in [5, 5.41) is 3.99. The molecule has 0 aliphatic heterocycles. The molecule has 1 saturated carbocycles. The van der Waals surface area contributed by atoms with Gasteiger partial charge in [-0.15, -0.1) is 0 Å². The number of benzene rings is 2. The average molecular weight is 396 g/mol. The van der Waals surface area contributed by atoms with Gasteiger partial charge in [0.1, 0.15) is 0 Å². The number of aryl methyl sites for hydroxylation is 1. The molecule has 0 radical (unpaired) electrons. The molecule has 1 N–H and O–H groups in total. The summed E-state index contributed by atoms with van der Waals surface area (Å²) in [6.45, 7) is 1.86. The summed E-state index contributed by atoms with van der Waals surface area (Å²) >= 11 is 0. The van der Waals surface area contributed by atoms with Gasteiger partial charge in [-0.2, -0.15) is 13.5 Å². The minimum atomic E-state index is -3.75. The first-order valence-corrected chi connectivity index (χ1v) is 10.0. The van der Waals surface area contributed by atoms with Crippen LogP contribution < -0.4 is 4.83 Å². The first-order valence-electron chi connectivity index (χ1n) is 8.55. The molecule has 3 rings (SSSR count).